The van der Waals surface area contributed by atoms with Crippen molar-refractivity contribution in [1.82, 2.24) is 4.98 Å². The lowest BCUT2D eigenvalue weighted by Crippen LogP contribution is -2.21. The number of alkyl halides is 1. The first-order valence-corrected chi connectivity index (χ1v) is 5.04. The zero-order valence-electron chi connectivity index (χ0n) is 8.63. The summed E-state index contributed by atoms with van der Waals surface area (Å²) >= 11 is 5.82. The molecule has 76 valence electrons. The standard InChI is InChI=1S/C11H15ClN2/c1-9(2)8-14(3)11-10(7-12)5-4-6-13-11/h4-6H,1,7-8H2,2-3H3. The molecule has 0 unspecified atom stereocenters. The van der Waals surface area contributed by atoms with E-state index in [1.165, 1.54) is 0 Å². The molecular weight excluding hydrogens is 196 g/mol. The van der Waals surface area contributed by atoms with Crippen LogP contribution in [0.5, 0.6) is 0 Å². The summed E-state index contributed by atoms with van der Waals surface area (Å²) in [6.07, 6.45) is 1.78. The van der Waals surface area contributed by atoms with E-state index in [1.807, 2.05) is 26.1 Å². The van der Waals surface area contributed by atoms with Crippen molar-refractivity contribution in [3.63, 3.8) is 0 Å². The smallest absolute Gasteiger partial charge is 0.132 e. The number of pyridine rings is 1. The van der Waals surface area contributed by atoms with Crippen LogP contribution in [0.25, 0.3) is 0 Å². The van der Waals surface area contributed by atoms with Gasteiger partial charge >= 0.3 is 0 Å². The zero-order valence-corrected chi connectivity index (χ0v) is 9.38. The average molecular weight is 211 g/mol. The molecule has 0 N–H and O–H groups in total. The lowest BCUT2D eigenvalue weighted by Gasteiger charge is -2.20. The minimum absolute atomic E-state index is 0.490. The normalized spacial score (nSPS) is 9.93. The second-order valence-corrected chi connectivity index (χ2v) is 3.70. The Morgan fingerprint density at radius 1 is 1.64 bits per heavy atom. The maximum absolute atomic E-state index is 5.82. The third-order valence-electron chi connectivity index (χ3n) is 1.88. The molecule has 1 heterocycles. The molecule has 0 bridgehead atoms. The first kappa shape index (κ1) is 11.1. The van der Waals surface area contributed by atoms with Crippen LogP contribution in [0, 0.1) is 0 Å². The molecule has 2 nitrogen and oxygen atoms in total. The van der Waals surface area contributed by atoms with Crippen molar-refractivity contribution in [3.05, 3.63) is 36.0 Å². The van der Waals surface area contributed by atoms with E-state index < -0.39 is 0 Å². The fourth-order valence-electron chi connectivity index (χ4n) is 1.36. The van der Waals surface area contributed by atoms with Crippen molar-refractivity contribution >= 4 is 17.4 Å². The summed E-state index contributed by atoms with van der Waals surface area (Å²) in [5.74, 6) is 1.43. The molecule has 1 rings (SSSR count). The van der Waals surface area contributed by atoms with Crippen LogP contribution in [0.1, 0.15) is 12.5 Å². The second-order valence-electron chi connectivity index (χ2n) is 3.43. The predicted molar refractivity (Wildman–Crippen MR) is 61.9 cm³/mol. The Labute approximate surface area is 90.2 Å². The number of rotatable bonds is 4. The topological polar surface area (TPSA) is 16.1 Å². The highest BCUT2D eigenvalue weighted by atomic mass is 35.5. The van der Waals surface area contributed by atoms with E-state index >= 15 is 0 Å². The number of likely N-dealkylation sites (N-methyl/N-ethyl adjacent to an activating group) is 1. The van der Waals surface area contributed by atoms with Gasteiger partial charge in [-0.3, -0.25) is 0 Å². The van der Waals surface area contributed by atoms with Crippen molar-refractivity contribution in [2.24, 2.45) is 0 Å². The van der Waals surface area contributed by atoms with Crippen LogP contribution in [0.3, 0.4) is 0 Å². The molecule has 0 atom stereocenters. The fraction of sp³-hybridized carbons (Fsp3) is 0.364. The van der Waals surface area contributed by atoms with Gasteiger partial charge < -0.3 is 4.90 Å². The van der Waals surface area contributed by atoms with Crippen LogP contribution in [-0.4, -0.2) is 18.6 Å². The van der Waals surface area contributed by atoms with Crippen LogP contribution in [0.4, 0.5) is 5.82 Å². The highest BCUT2D eigenvalue weighted by Gasteiger charge is 2.06. The van der Waals surface area contributed by atoms with Crippen LogP contribution in [-0.2, 0) is 5.88 Å². The molecule has 0 aliphatic carbocycles. The van der Waals surface area contributed by atoms with E-state index in [0.717, 1.165) is 23.5 Å². The average Bonchev–Trinajstić information content (AvgIpc) is 2.16. The summed E-state index contributed by atoms with van der Waals surface area (Å²) < 4.78 is 0. The van der Waals surface area contributed by atoms with Gasteiger partial charge in [-0.2, -0.15) is 0 Å². The zero-order chi connectivity index (χ0) is 10.6. The molecule has 0 fully saturated rings. The molecule has 0 aliphatic rings. The summed E-state index contributed by atoms with van der Waals surface area (Å²) in [6.45, 7) is 6.68. The van der Waals surface area contributed by atoms with Crippen LogP contribution < -0.4 is 4.90 Å². The van der Waals surface area contributed by atoms with Gasteiger partial charge in [0, 0.05) is 25.4 Å². The lowest BCUT2D eigenvalue weighted by molar-refractivity contribution is 0.942. The van der Waals surface area contributed by atoms with E-state index in [2.05, 4.69) is 16.5 Å². The minimum atomic E-state index is 0.490. The molecule has 0 amide bonds. The van der Waals surface area contributed by atoms with Gasteiger partial charge in [0.1, 0.15) is 5.82 Å². The molecule has 0 saturated heterocycles. The third-order valence-corrected chi connectivity index (χ3v) is 2.17. The molecule has 14 heavy (non-hydrogen) atoms. The van der Waals surface area contributed by atoms with Crippen molar-refractivity contribution in [1.29, 1.82) is 0 Å². The van der Waals surface area contributed by atoms with Crippen LogP contribution in [0.2, 0.25) is 0 Å². The molecule has 1 aromatic heterocycles. The Bertz CT molecular complexity index is 323. The number of halogens is 1. The number of anilines is 1. The SMILES string of the molecule is C=C(C)CN(C)c1ncccc1CCl. The second kappa shape index (κ2) is 5.01. The number of hydrogen-bond donors (Lipinski definition) is 0. The van der Waals surface area contributed by atoms with E-state index in [4.69, 9.17) is 11.6 Å². The van der Waals surface area contributed by atoms with Gasteiger partial charge in [0.25, 0.3) is 0 Å². The third kappa shape index (κ3) is 2.74. The molecule has 0 spiro atoms. The van der Waals surface area contributed by atoms with Gasteiger partial charge in [-0.25, -0.2) is 4.98 Å². The molecule has 0 aliphatic heterocycles. The van der Waals surface area contributed by atoms with E-state index in [0.29, 0.717) is 5.88 Å². The van der Waals surface area contributed by atoms with Gasteiger partial charge in [-0.05, 0) is 13.0 Å². The van der Waals surface area contributed by atoms with Crippen molar-refractivity contribution in [2.45, 2.75) is 12.8 Å². The molecule has 3 heteroatoms. The predicted octanol–water partition coefficient (Wildman–Crippen LogP) is 2.83. The Morgan fingerprint density at radius 2 is 2.36 bits per heavy atom. The summed E-state index contributed by atoms with van der Waals surface area (Å²) in [4.78, 5) is 6.36. The molecule has 1 aromatic rings. The van der Waals surface area contributed by atoms with Gasteiger partial charge in [0.2, 0.25) is 0 Å². The molecule has 0 aromatic carbocycles. The number of aromatic nitrogens is 1. The maximum Gasteiger partial charge on any atom is 0.132 e. The van der Waals surface area contributed by atoms with E-state index in [-0.39, 0.29) is 0 Å². The molecule has 0 radical (unpaired) electrons. The van der Waals surface area contributed by atoms with Crippen LogP contribution in [0.15, 0.2) is 30.5 Å². The quantitative estimate of drug-likeness (QED) is 0.561. The monoisotopic (exact) mass is 210 g/mol. The summed E-state index contributed by atoms with van der Waals surface area (Å²) in [7, 11) is 1.99. The highest BCUT2D eigenvalue weighted by molar-refractivity contribution is 6.17. The lowest BCUT2D eigenvalue weighted by atomic mass is 10.2. The summed E-state index contributed by atoms with van der Waals surface area (Å²) in [5, 5.41) is 0. The maximum atomic E-state index is 5.82. The summed E-state index contributed by atoms with van der Waals surface area (Å²) in [5.41, 5.74) is 2.16. The highest BCUT2D eigenvalue weighted by Crippen LogP contribution is 2.18. The fourth-order valence-corrected chi connectivity index (χ4v) is 1.57. The van der Waals surface area contributed by atoms with Crippen molar-refractivity contribution in [3.8, 4) is 0 Å². The summed E-state index contributed by atoms with van der Waals surface area (Å²) in [6, 6.07) is 3.89. The number of hydrogen-bond acceptors (Lipinski definition) is 2. The van der Waals surface area contributed by atoms with Crippen molar-refractivity contribution in [2.75, 3.05) is 18.5 Å². The molecule has 0 saturated carbocycles. The molecular formula is C11H15ClN2. The Morgan fingerprint density at radius 3 is 2.93 bits per heavy atom. The van der Waals surface area contributed by atoms with E-state index in [1.54, 1.807) is 6.20 Å². The minimum Gasteiger partial charge on any atom is -0.355 e. The first-order chi connectivity index (χ1) is 6.65. The largest absolute Gasteiger partial charge is 0.355 e. The Balaban J connectivity index is 2.87. The van der Waals surface area contributed by atoms with Gasteiger partial charge in [-0.15, -0.1) is 11.6 Å². The van der Waals surface area contributed by atoms with Crippen molar-refractivity contribution < 1.29 is 0 Å². The van der Waals surface area contributed by atoms with E-state index in [9.17, 15) is 0 Å². The Kier molecular flexibility index (Phi) is 3.96. The van der Waals surface area contributed by atoms with Gasteiger partial charge in [-0.1, -0.05) is 18.2 Å². The van der Waals surface area contributed by atoms with Crippen LogP contribution >= 0.6 is 11.6 Å². The van der Waals surface area contributed by atoms with Gasteiger partial charge in [0.05, 0.1) is 5.88 Å². The van der Waals surface area contributed by atoms with Gasteiger partial charge in [0.15, 0.2) is 0 Å². The number of nitrogens with zero attached hydrogens (tertiary/aromatic N) is 2. The Hall–Kier alpha value is -1.02. The first-order valence-electron chi connectivity index (χ1n) is 4.50.